The molecule has 0 aliphatic rings. The molecule has 0 bridgehead atoms. The first kappa shape index (κ1) is 13.1. The molecule has 2 aromatic rings. The fourth-order valence-electron chi connectivity index (χ4n) is 2.00. The minimum absolute atomic E-state index is 0.652. The molecule has 0 radical (unpaired) electrons. The molecular weight excluding hydrogens is 244 g/mol. The second-order valence-corrected chi connectivity index (χ2v) is 5.32. The fourth-order valence-corrected chi connectivity index (χ4v) is 2.95. The SMILES string of the molecule is CCc1nc(N)sc1Cc1cccc(COC)c1. The van der Waals surface area contributed by atoms with Gasteiger partial charge in [-0.25, -0.2) is 4.98 Å². The van der Waals surface area contributed by atoms with Gasteiger partial charge in [-0.3, -0.25) is 0 Å². The second-order valence-electron chi connectivity index (χ2n) is 4.21. The third-order valence-corrected chi connectivity index (χ3v) is 3.72. The summed E-state index contributed by atoms with van der Waals surface area (Å²) >= 11 is 1.59. The zero-order valence-electron chi connectivity index (χ0n) is 10.8. The molecule has 0 saturated carbocycles. The maximum Gasteiger partial charge on any atom is 0.180 e. The quantitative estimate of drug-likeness (QED) is 0.901. The predicted octanol–water partition coefficient (Wildman–Crippen LogP) is 3.02. The number of nitrogens with zero attached hydrogens (tertiary/aromatic N) is 1. The largest absolute Gasteiger partial charge is 0.380 e. The number of hydrogen-bond acceptors (Lipinski definition) is 4. The highest BCUT2D eigenvalue weighted by molar-refractivity contribution is 7.15. The van der Waals surface area contributed by atoms with Gasteiger partial charge >= 0.3 is 0 Å². The van der Waals surface area contributed by atoms with E-state index in [1.807, 2.05) is 0 Å². The van der Waals surface area contributed by atoms with E-state index in [0.717, 1.165) is 18.5 Å². The van der Waals surface area contributed by atoms with Gasteiger partial charge in [-0.2, -0.15) is 0 Å². The molecule has 2 rings (SSSR count). The van der Waals surface area contributed by atoms with Crippen LogP contribution in [0.1, 0.15) is 28.6 Å². The Balaban J connectivity index is 2.19. The van der Waals surface area contributed by atoms with E-state index in [2.05, 4.69) is 36.2 Å². The van der Waals surface area contributed by atoms with Crippen molar-refractivity contribution in [3.63, 3.8) is 0 Å². The van der Waals surface area contributed by atoms with Gasteiger partial charge in [-0.05, 0) is 17.5 Å². The predicted molar refractivity (Wildman–Crippen MR) is 75.9 cm³/mol. The number of nitrogens with two attached hydrogens (primary N) is 1. The molecule has 1 aromatic heterocycles. The summed E-state index contributed by atoms with van der Waals surface area (Å²) in [6, 6.07) is 8.46. The van der Waals surface area contributed by atoms with E-state index in [0.29, 0.717) is 11.7 Å². The van der Waals surface area contributed by atoms with Crippen LogP contribution in [-0.2, 0) is 24.2 Å². The van der Waals surface area contributed by atoms with Gasteiger partial charge in [0.2, 0.25) is 0 Å². The highest BCUT2D eigenvalue weighted by Gasteiger charge is 2.08. The Kier molecular flexibility index (Phi) is 4.33. The number of aromatic nitrogens is 1. The van der Waals surface area contributed by atoms with Crippen molar-refractivity contribution in [2.24, 2.45) is 0 Å². The molecule has 3 nitrogen and oxygen atoms in total. The van der Waals surface area contributed by atoms with Gasteiger partial charge in [-0.1, -0.05) is 31.2 Å². The standard InChI is InChI=1S/C14H18N2OS/c1-3-12-13(18-14(15)16-12)8-10-5-4-6-11(7-10)9-17-2/h4-7H,3,8-9H2,1-2H3,(H2,15,16). The second kappa shape index (κ2) is 5.98. The molecule has 0 amide bonds. The van der Waals surface area contributed by atoms with Crippen LogP contribution in [0, 0.1) is 0 Å². The third kappa shape index (κ3) is 3.09. The molecule has 0 unspecified atom stereocenters. The molecule has 2 N–H and O–H groups in total. The first-order chi connectivity index (χ1) is 8.72. The summed E-state index contributed by atoms with van der Waals surface area (Å²) in [6.07, 6.45) is 1.83. The molecule has 1 aromatic carbocycles. The minimum atomic E-state index is 0.652. The van der Waals surface area contributed by atoms with Gasteiger partial charge in [0.05, 0.1) is 12.3 Å². The van der Waals surface area contributed by atoms with Crippen LogP contribution in [0.25, 0.3) is 0 Å². The maximum absolute atomic E-state index is 5.77. The van der Waals surface area contributed by atoms with Crippen LogP contribution >= 0.6 is 11.3 Å². The fraction of sp³-hybridized carbons (Fsp3) is 0.357. The molecule has 0 fully saturated rings. The Morgan fingerprint density at radius 1 is 1.33 bits per heavy atom. The Hall–Kier alpha value is -1.39. The van der Waals surface area contributed by atoms with Crippen LogP contribution in [-0.4, -0.2) is 12.1 Å². The molecule has 0 aliphatic carbocycles. The lowest BCUT2D eigenvalue weighted by molar-refractivity contribution is 0.185. The highest BCUT2D eigenvalue weighted by Crippen LogP contribution is 2.24. The van der Waals surface area contributed by atoms with E-state index in [-0.39, 0.29) is 0 Å². The molecule has 1 heterocycles. The van der Waals surface area contributed by atoms with E-state index >= 15 is 0 Å². The van der Waals surface area contributed by atoms with E-state index in [9.17, 15) is 0 Å². The smallest absolute Gasteiger partial charge is 0.180 e. The van der Waals surface area contributed by atoms with Crippen LogP contribution in [0.5, 0.6) is 0 Å². The number of anilines is 1. The summed E-state index contributed by atoms with van der Waals surface area (Å²) in [5.41, 5.74) is 9.37. The molecule has 0 aliphatic heterocycles. The van der Waals surface area contributed by atoms with Gasteiger partial charge in [-0.15, -0.1) is 11.3 Å². The zero-order chi connectivity index (χ0) is 13.0. The molecule has 4 heteroatoms. The number of benzene rings is 1. The maximum atomic E-state index is 5.77. The number of nitrogen functional groups attached to an aromatic ring is 1. The highest BCUT2D eigenvalue weighted by atomic mass is 32.1. The summed E-state index contributed by atoms with van der Waals surface area (Å²) < 4.78 is 5.15. The number of hydrogen-bond donors (Lipinski definition) is 1. The summed E-state index contributed by atoms with van der Waals surface area (Å²) in [4.78, 5) is 5.62. The van der Waals surface area contributed by atoms with Crippen molar-refractivity contribution < 1.29 is 4.74 Å². The zero-order valence-corrected chi connectivity index (χ0v) is 11.6. The van der Waals surface area contributed by atoms with Crippen LogP contribution in [0.15, 0.2) is 24.3 Å². The lowest BCUT2D eigenvalue weighted by Crippen LogP contribution is -1.93. The van der Waals surface area contributed by atoms with Gasteiger partial charge in [0.25, 0.3) is 0 Å². The monoisotopic (exact) mass is 262 g/mol. The summed E-state index contributed by atoms with van der Waals surface area (Å²) in [5, 5.41) is 0.662. The van der Waals surface area contributed by atoms with Crippen molar-refractivity contribution in [1.82, 2.24) is 4.98 Å². The molecule has 0 saturated heterocycles. The Morgan fingerprint density at radius 2 is 2.11 bits per heavy atom. The third-order valence-electron chi connectivity index (χ3n) is 2.80. The normalized spacial score (nSPS) is 10.8. The Bertz CT molecular complexity index is 522. The van der Waals surface area contributed by atoms with E-state index in [1.54, 1.807) is 18.4 Å². The topological polar surface area (TPSA) is 48.1 Å². The summed E-state index contributed by atoms with van der Waals surface area (Å²) in [6.45, 7) is 2.76. The van der Waals surface area contributed by atoms with Crippen molar-refractivity contribution in [1.29, 1.82) is 0 Å². The number of methoxy groups -OCH3 is 1. The minimum Gasteiger partial charge on any atom is -0.380 e. The summed E-state index contributed by atoms with van der Waals surface area (Å²) in [7, 11) is 1.71. The van der Waals surface area contributed by atoms with Crippen molar-refractivity contribution >= 4 is 16.5 Å². The Labute approximate surface area is 112 Å². The number of aryl methyl sites for hydroxylation is 1. The van der Waals surface area contributed by atoms with Crippen molar-refractivity contribution in [3.8, 4) is 0 Å². The van der Waals surface area contributed by atoms with Crippen LogP contribution < -0.4 is 5.73 Å². The number of rotatable bonds is 5. The van der Waals surface area contributed by atoms with E-state index < -0.39 is 0 Å². The van der Waals surface area contributed by atoms with Crippen molar-refractivity contribution in [3.05, 3.63) is 46.0 Å². The lowest BCUT2D eigenvalue weighted by atomic mass is 10.1. The van der Waals surface area contributed by atoms with E-state index in [1.165, 1.54) is 16.0 Å². The molecule has 0 atom stereocenters. The van der Waals surface area contributed by atoms with Gasteiger partial charge in [0.15, 0.2) is 5.13 Å². The van der Waals surface area contributed by atoms with Crippen molar-refractivity contribution in [2.45, 2.75) is 26.4 Å². The Morgan fingerprint density at radius 3 is 2.83 bits per heavy atom. The number of ether oxygens (including phenoxy) is 1. The van der Waals surface area contributed by atoms with Crippen molar-refractivity contribution in [2.75, 3.05) is 12.8 Å². The first-order valence-electron chi connectivity index (χ1n) is 6.03. The van der Waals surface area contributed by atoms with Crippen LogP contribution in [0.3, 0.4) is 0 Å². The molecule has 0 spiro atoms. The van der Waals surface area contributed by atoms with Gasteiger partial charge in [0.1, 0.15) is 0 Å². The summed E-state index contributed by atoms with van der Waals surface area (Å²) in [5.74, 6) is 0. The van der Waals surface area contributed by atoms with E-state index in [4.69, 9.17) is 10.5 Å². The average molecular weight is 262 g/mol. The molecule has 18 heavy (non-hydrogen) atoms. The van der Waals surface area contributed by atoms with Crippen LogP contribution in [0.2, 0.25) is 0 Å². The molecular formula is C14H18N2OS. The van der Waals surface area contributed by atoms with Gasteiger partial charge in [0, 0.05) is 18.4 Å². The van der Waals surface area contributed by atoms with Crippen LogP contribution in [0.4, 0.5) is 5.13 Å². The molecule has 96 valence electrons. The average Bonchev–Trinajstić information content (AvgIpc) is 2.70. The van der Waals surface area contributed by atoms with Gasteiger partial charge < -0.3 is 10.5 Å². The first-order valence-corrected chi connectivity index (χ1v) is 6.85. The number of thiazole rings is 1. The lowest BCUT2D eigenvalue weighted by Gasteiger charge is -2.04.